The lowest BCUT2D eigenvalue weighted by Gasteiger charge is -2.01. The molecule has 3 aromatic rings. The number of rotatable bonds is 1. The van der Waals surface area contributed by atoms with Gasteiger partial charge in [-0.1, -0.05) is 30.3 Å². The molecule has 2 heterocycles. The van der Waals surface area contributed by atoms with Gasteiger partial charge in [-0.2, -0.15) is 0 Å². The molecule has 2 aromatic heterocycles. The van der Waals surface area contributed by atoms with Gasteiger partial charge in [0.05, 0.1) is 4.60 Å². The van der Waals surface area contributed by atoms with E-state index in [1.807, 2.05) is 30.5 Å². The monoisotopic (exact) mass is 272 g/mol. The molecule has 78 valence electrons. The first-order chi connectivity index (χ1) is 7.84. The molecule has 0 saturated heterocycles. The van der Waals surface area contributed by atoms with Crippen molar-refractivity contribution in [1.82, 2.24) is 9.97 Å². The molecule has 16 heavy (non-hydrogen) atoms. The Hall–Kier alpha value is -1.61. The molecule has 1 N–H and O–H groups in total. The van der Waals surface area contributed by atoms with Crippen LogP contribution >= 0.6 is 15.9 Å². The van der Waals surface area contributed by atoms with Crippen molar-refractivity contribution >= 4 is 27.0 Å². The Balaban J connectivity index is 2.31. The van der Waals surface area contributed by atoms with Crippen LogP contribution in [0, 0.1) is 0 Å². The molecule has 0 unspecified atom stereocenters. The average Bonchev–Trinajstić information content (AvgIpc) is 2.70. The third kappa shape index (κ3) is 1.53. The Bertz CT molecular complexity index is 629. The van der Waals surface area contributed by atoms with Crippen LogP contribution in [0.2, 0.25) is 0 Å². The minimum atomic E-state index is 0.910. The summed E-state index contributed by atoms with van der Waals surface area (Å²) in [7, 11) is 0. The first-order valence-corrected chi connectivity index (χ1v) is 5.82. The van der Waals surface area contributed by atoms with Crippen LogP contribution in [0.5, 0.6) is 0 Å². The minimum Gasteiger partial charge on any atom is -0.334 e. The lowest BCUT2D eigenvalue weighted by molar-refractivity contribution is 1.30. The molecule has 0 saturated carbocycles. The van der Waals surface area contributed by atoms with Crippen LogP contribution in [0.3, 0.4) is 0 Å². The van der Waals surface area contributed by atoms with E-state index in [2.05, 4.69) is 44.1 Å². The number of nitrogens with one attached hydrogen (secondary N) is 1. The SMILES string of the molecule is Brc1cc2c(-c3ccccc3)ccnc2[nH]1. The van der Waals surface area contributed by atoms with Gasteiger partial charge in [0.1, 0.15) is 5.65 Å². The maximum absolute atomic E-state index is 4.30. The fourth-order valence-corrected chi connectivity index (χ4v) is 2.28. The van der Waals surface area contributed by atoms with Gasteiger partial charge < -0.3 is 4.98 Å². The smallest absolute Gasteiger partial charge is 0.138 e. The molecular weight excluding hydrogens is 264 g/mol. The molecule has 0 bridgehead atoms. The largest absolute Gasteiger partial charge is 0.334 e. The van der Waals surface area contributed by atoms with Crippen molar-refractivity contribution in [3.8, 4) is 11.1 Å². The summed E-state index contributed by atoms with van der Waals surface area (Å²) in [6.45, 7) is 0. The molecule has 0 aliphatic carbocycles. The van der Waals surface area contributed by atoms with Gasteiger partial charge in [-0.3, -0.25) is 0 Å². The number of halogens is 1. The number of pyridine rings is 1. The van der Waals surface area contributed by atoms with Crippen LogP contribution in [0.1, 0.15) is 0 Å². The number of nitrogens with zero attached hydrogens (tertiary/aromatic N) is 1. The average molecular weight is 273 g/mol. The van der Waals surface area contributed by atoms with Gasteiger partial charge in [0, 0.05) is 11.6 Å². The molecule has 0 spiro atoms. The van der Waals surface area contributed by atoms with E-state index in [4.69, 9.17) is 0 Å². The van der Waals surface area contributed by atoms with Crippen molar-refractivity contribution in [1.29, 1.82) is 0 Å². The number of hydrogen-bond donors (Lipinski definition) is 1. The predicted molar refractivity (Wildman–Crippen MR) is 69.2 cm³/mol. The number of hydrogen-bond acceptors (Lipinski definition) is 1. The number of aromatic nitrogens is 2. The quantitative estimate of drug-likeness (QED) is 0.713. The van der Waals surface area contributed by atoms with Gasteiger partial charge in [-0.15, -0.1) is 0 Å². The van der Waals surface area contributed by atoms with E-state index < -0.39 is 0 Å². The zero-order chi connectivity index (χ0) is 11.0. The summed E-state index contributed by atoms with van der Waals surface area (Å²) in [6, 6.07) is 14.4. The van der Waals surface area contributed by atoms with Crippen molar-refractivity contribution < 1.29 is 0 Å². The first kappa shape index (κ1) is 9.60. The van der Waals surface area contributed by atoms with Crippen molar-refractivity contribution in [2.24, 2.45) is 0 Å². The van der Waals surface area contributed by atoms with E-state index in [1.165, 1.54) is 11.1 Å². The second kappa shape index (κ2) is 3.76. The third-order valence-electron chi connectivity index (χ3n) is 2.58. The molecule has 3 rings (SSSR count). The highest BCUT2D eigenvalue weighted by molar-refractivity contribution is 9.10. The molecule has 0 aliphatic rings. The maximum atomic E-state index is 4.30. The lowest BCUT2D eigenvalue weighted by Crippen LogP contribution is -1.81. The highest BCUT2D eigenvalue weighted by atomic mass is 79.9. The van der Waals surface area contributed by atoms with Gasteiger partial charge in [-0.05, 0) is 39.2 Å². The molecular formula is C13H9BrN2. The Morgan fingerprint density at radius 3 is 2.69 bits per heavy atom. The van der Waals surface area contributed by atoms with Gasteiger partial charge in [-0.25, -0.2) is 4.98 Å². The van der Waals surface area contributed by atoms with Crippen LogP contribution in [-0.2, 0) is 0 Å². The molecule has 0 atom stereocenters. The minimum absolute atomic E-state index is 0.910. The maximum Gasteiger partial charge on any atom is 0.138 e. The zero-order valence-corrected chi connectivity index (χ0v) is 10.0. The fourth-order valence-electron chi connectivity index (χ4n) is 1.86. The van der Waals surface area contributed by atoms with E-state index >= 15 is 0 Å². The van der Waals surface area contributed by atoms with Gasteiger partial charge >= 0.3 is 0 Å². The standard InChI is InChI=1S/C13H9BrN2/c14-12-8-11-10(6-7-15-13(11)16-12)9-4-2-1-3-5-9/h1-8H,(H,15,16). The Morgan fingerprint density at radius 2 is 1.88 bits per heavy atom. The Morgan fingerprint density at radius 1 is 1.06 bits per heavy atom. The van der Waals surface area contributed by atoms with Crippen LogP contribution in [0.25, 0.3) is 22.2 Å². The normalized spacial score (nSPS) is 10.8. The second-order valence-corrected chi connectivity index (χ2v) is 4.46. The zero-order valence-electron chi connectivity index (χ0n) is 8.44. The highest BCUT2D eigenvalue weighted by Crippen LogP contribution is 2.28. The van der Waals surface area contributed by atoms with E-state index in [1.54, 1.807) is 0 Å². The molecule has 3 heteroatoms. The van der Waals surface area contributed by atoms with Crippen molar-refractivity contribution in [2.75, 3.05) is 0 Å². The summed E-state index contributed by atoms with van der Waals surface area (Å²) in [5, 5.41) is 1.14. The van der Waals surface area contributed by atoms with Crippen LogP contribution < -0.4 is 0 Å². The lowest BCUT2D eigenvalue weighted by atomic mass is 10.0. The van der Waals surface area contributed by atoms with Gasteiger partial charge in [0.25, 0.3) is 0 Å². The van der Waals surface area contributed by atoms with Crippen molar-refractivity contribution in [2.45, 2.75) is 0 Å². The summed E-state index contributed by atoms with van der Waals surface area (Å²) in [5.41, 5.74) is 3.32. The van der Waals surface area contributed by atoms with Crippen LogP contribution in [0.15, 0.2) is 53.3 Å². The second-order valence-electron chi connectivity index (χ2n) is 3.60. The summed E-state index contributed by atoms with van der Waals surface area (Å²) >= 11 is 3.44. The highest BCUT2D eigenvalue weighted by Gasteiger charge is 2.06. The van der Waals surface area contributed by atoms with E-state index in [0.717, 1.165) is 15.6 Å². The summed E-state index contributed by atoms with van der Waals surface area (Å²) in [5.74, 6) is 0. The Labute approximate surface area is 101 Å². The summed E-state index contributed by atoms with van der Waals surface area (Å²) in [6.07, 6.45) is 1.83. The van der Waals surface area contributed by atoms with Crippen LogP contribution in [-0.4, -0.2) is 9.97 Å². The third-order valence-corrected chi connectivity index (χ3v) is 3.01. The van der Waals surface area contributed by atoms with E-state index in [9.17, 15) is 0 Å². The summed E-state index contributed by atoms with van der Waals surface area (Å²) in [4.78, 5) is 7.48. The fraction of sp³-hybridized carbons (Fsp3) is 0. The number of fused-ring (bicyclic) bond motifs is 1. The molecule has 1 aromatic carbocycles. The first-order valence-electron chi connectivity index (χ1n) is 5.03. The molecule has 2 nitrogen and oxygen atoms in total. The van der Waals surface area contributed by atoms with Gasteiger partial charge in [0.2, 0.25) is 0 Å². The Kier molecular flexibility index (Phi) is 2.26. The van der Waals surface area contributed by atoms with Gasteiger partial charge in [0.15, 0.2) is 0 Å². The number of H-pyrrole nitrogens is 1. The number of aromatic amines is 1. The van der Waals surface area contributed by atoms with Crippen molar-refractivity contribution in [3.05, 3.63) is 53.3 Å². The predicted octanol–water partition coefficient (Wildman–Crippen LogP) is 3.99. The number of benzene rings is 1. The summed E-state index contributed by atoms with van der Waals surface area (Å²) < 4.78 is 0.957. The van der Waals surface area contributed by atoms with E-state index in [-0.39, 0.29) is 0 Å². The van der Waals surface area contributed by atoms with E-state index in [0.29, 0.717) is 0 Å². The van der Waals surface area contributed by atoms with Crippen molar-refractivity contribution in [3.63, 3.8) is 0 Å². The molecule has 0 aliphatic heterocycles. The molecule has 0 amide bonds. The molecule has 0 radical (unpaired) electrons. The molecule has 0 fully saturated rings. The van der Waals surface area contributed by atoms with Crippen LogP contribution in [0.4, 0.5) is 0 Å². The topological polar surface area (TPSA) is 28.7 Å².